The average Bonchev–Trinajstić information content (AvgIpc) is 2.62. The van der Waals surface area contributed by atoms with Gasteiger partial charge in [-0.2, -0.15) is 0 Å². The van der Waals surface area contributed by atoms with E-state index in [0.29, 0.717) is 19.7 Å². The van der Waals surface area contributed by atoms with E-state index in [1.165, 1.54) is 0 Å². The van der Waals surface area contributed by atoms with Crippen LogP contribution in [-0.2, 0) is 11.2 Å². The van der Waals surface area contributed by atoms with Crippen molar-refractivity contribution in [2.24, 2.45) is 0 Å². The summed E-state index contributed by atoms with van der Waals surface area (Å²) in [6, 6.07) is 15.7. The number of fused-ring (bicyclic) bond motifs is 1. The van der Waals surface area contributed by atoms with Gasteiger partial charge in [0.05, 0.1) is 25.9 Å². The van der Waals surface area contributed by atoms with Crippen LogP contribution in [0.5, 0.6) is 11.5 Å². The summed E-state index contributed by atoms with van der Waals surface area (Å²) in [5, 5.41) is 2.98. The molecule has 126 valence electrons. The van der Waals surface area contributed by atoms with E-state index >= 15 is 0 Å². The third-order valence-electron chi connectivity index (χ3n) is 4.03. The van der Waals surface area contributed by atoms with Crippen molar-refractivity contribution in [2.75, 3.05) is 38.3 Å². The molecule has 0 saturated carbocycles. The van der Waals surface area contributed by atoms with Crippen LogP contribution in [0.4, 0.5) is 5.69 Å². The molecule has 5 heteroatoms. The Hall–Kier alpha value is -2.69. The van der Waals surface area contributed by atoms with E-state index < -0.39 is 0 Å². The molecule has 0 saturated heterocycles. The maximum atomic E-state index is 12.2. The fraction of sp³-hybridized carbons (Fsp3) is 0.316. The number of anilines is 1. The number of methoxy groups -OCH3 is 1. The van der Waals surface area contributed by atoms with Crippen LogP contribution in [0, 0.1) is 0 Å². The van der Waals surface area contributed by atoms with Crippen molar-refractivity contribution in [3.63, 3.8) is 0 Å². The Labute approximate surface area is 142 Å². The zero-order valence-corrected chi connectivity index (χ0v) is 13.8. The van der Waals surface area contributed by atoms with Crippen molar-refractivity contribution in [3.05, 3.63) is 54.1 Å². The summed E-state index contributed by atoms with van der Waals surface area (Å²) in [7, 11) is 1.65. The Balaban J connectivity index is 1.50. The standard InChI is InChI=1S/C19H22N2O3/c1-23-16-6-4-5-15(13-16)9-10-20-19(22)14-21-11-12-24-18-8-3-2-7-17(18)21/h2-8,13H,9-12,14H2,1H3,(H,20,22). The Morgan fingerprint density at radius 3 is 3.00 bits per heavy atom. The highest BCUT2D eigenvalue weighted by molar-refractivity contribution is 5.82. The van der Waals surface area contributed by atoms with Crippen LogP contribution in [0.1, 0.15) is 5.56 Å². The van der Waals surface area contributed by atoms with Crippen LogP contribution in [0.15, 0.2) is 48.5 Å². The Kier molecular flexibility index (Phi) is 5.21. The fourth-order valence-corrected chi connectivity index (χ4v) is 2.79. The molecule has 2 aromatic rings. The maximum Gasteiger partial charge on any atom is 0.239 e. The minimum absolute atomic E-state index is 0.0228. The van der Waals surface area contributed by atoms with Gasteiger partial charge in [-0.25, -0.2) is 0 Å². The molecule has 1 aliphatic heterocycles. The third-order valence-corrected chi connectivity index (χ3v) is 4.03. The van der Waals surface area contributed by atoms with Crippen molar-refractivity contribution in [1.82, 2.24) is 5.32 Å². The van der Waals surface area contributed by atoms with Gasteiger partial charge in [0, 0.05) is 6.54 Å². The van der Waals surface area contributed by atoms with E-state index in [1.54, 1.807) is 7.11 Å². The second-order valence-corrected chi connectivity index (χ2v) is 5.69. The van der Waals surface area contributed by atoms with E-state index in [2.05, 4.69) is 10.2 Å². The summed E-state index contributed by atoms with van der Waals surface area (Å²) in [6.45, 7) is 2.28. The SMILES string of the molecule is COc1cccc(CCNC(=O)CN2CCOc3ccccc32)c1. The van der Waals surface area contributed by atoms with E-state index in [0.717, 1.165) is 35.7 Å². The molecule has 0 fully saturated rings. The van der Waals surface area contributed by atoms with Crippen molar-refractivity contribution in [1.29, 1.82) is 0 Å². The quantitative estimate of drug-likeness (QED) is 0.885. The minimum atomic E-state index is 0.0228. The molecule has 1 N–H and O–H groups in total. The van der Waals surface area contributed by atoms with Gasteiger partial charge >= 0.3 is 0 Å². The van der Waals surface area contributed by atoms with Gasteiger partial charge in [-0.05, 0) is 36.2 Å². The van der Waals surface area contributed by atoms with Gasteiger partial charge in [0.15, 0.2) is 0 Å². The predicted octanol–water partition coefficient (Wildman–Crippen LogP) is 2.25. The number of benzene rings is 2. The summed E-state index contributed by atoms with van der Waals surface area (Å²) in [5.41, 5.74) is 2.12. The number of carbonyl (C=O) groups excluding carboxylic acids is 1. The molecule has 1 heterocycles. The van der Waals surface area contributed by atoms with Crippen molar-refractivity contribution >= 4 is 11.6 Å². The predicted molar refractivity (Wildman–Crippen MR) is 93.9 cm³/mol. The first-order valence-electron chi connectivity index (χ1n) is 8.12. The van der Waals surface area contributed by atoms with Gasteiger partial charge in [0.25, 0.3) is 0 Å². The highest BCUT2D eigenvalue weighted by Crippen LogP contribution is 2.30. The molecule has 0 radical (unpaired) electrons. The van der Waals surface area contributed by atoms with Crippen LogP contribution in [0.3, 0.4) is 0 Å². The number of hydrogen-bond donors (Lipinski definition) is 1. The first kappa shape index (κ1) is 16.2. The third kappa shape index (κ3) is 3.98. The van der Waals surface area contributed by atoms with Crippen LogP contribution in [0.25, 0.3) is 0 Å². The Morgan fingerprint density at radius 1 is 1.25 bits per heavy atom. The summed E-state index contributed by atoms with van der Waals surface area (Å²) in [6.07, 6.45) is 0.780. The van der Waals surface area contributed by atoms with E-state index in [-0.39, 0.29) is 5.91 Å². The largest absolute Gasteiger partial charge is 0.497 e. The van der Waals surface area contributed by atoms with E-state index in [1.807, 2.05) is 48.5 Å². The molecular weight excluding hydrogens is 304 g/mol. The summed E-state index contributed by atoms with van der Waals surface area (Å²) >= 11 is 0. The van der Waals surface area contributed by atoms with Crippen molar-refractivity contribution < 1.29 is 14.3 Å². The second-order valence-electron chi connectivity index (χ2n) is 5.69. The van der Waals surface area contributed by atoms with Gasteiger partial charge in [-0.1, -0.05) is 24.3 Å². The Morgan fingerprint density at radius 2 is 2.12 bits per heavy atom. The summed E-state index contributed by atoms with van der Waals surface area (Å²) in [4.78, 5) is 14.3. The van der Waals surface area contributed by atoms with Crippen LogP contribution < -0.4 is 19.7 Å². The average molecular weight is 326 g/mol. The molecule has 1 aliphatic rings. The molecule has 0 bridgehead atoms. The number of carbonyl (C=O) groups is 1. The highest BCUT2D eigenvalue weighted by Gasteiger charge is 2.19. The van der Waals surface area contributed by atoms with Gasteiger partial charge in [-0.3, -0.25) is 4.79 Å². The first-order chi connectivity index (χ1) is 11.8. The van der Waals surface area contributed by atoms with Gasteiger partial charge in [0.1, 0.15) is 18.1 Å². The minimum Gasteiger partial charge on any atom is -0.497 e. The number of nitrogens with zero attached hydrogens (tertiary/aromatic N) is 1. The number of nitrogens with one attached hydrogen (secondary N) is 1. The molecule has 0 aromatic heterocycles. The first-order valence-corrected chi connectivity index (χ1v) is 8.12. The van der Waals surface area contributed by atoms with Gasteiger partial charge < -0.3 is 19.7 Å². The van der Waals surface area contributed by atoms with Crippen molar-refractivity contribution in [2.45, 2.75) is 6.42 Å². The number of para-hydroxylation sites is 2. The molecule has 0 spiro atoms. The summed E-state index contributed by atoms with van der Waals surface area (Å²) in [5.74, 6) is 1.70. The van der Waals surface area contributed by atoms with Crippen LogP contribution in [0.2, 0.25) is 0 Å². The molecule has 2 aromatic carbocycles. The number of rotatable bonds is 6. The molecule has 24 heavy (non-hydrogen) atoms. The molecule has 3 rings (SSSR count). The molecule has 1 amide bonds. The number of amides is 1. The van der Waals surface area contributed by atoms with Crippen LogP contribution in [-0.4, -0.2) is 39.3 Å². The van der Waals surface area contributed by atoms with E-state index in [4.69, 9.17) is 9.47 Å². The molecule has 0 atom stereocenters. The number of ether oxygens (including phenoxy) is 2. The lowest BCUT2D eigenvalue weighted by molar-refractivity contribution is -0.119. The van der Waals surface area contributed by atoms with Crippen LogP contribution >= 0.6 is 0 Å². The molecule has 0 unspecified atom stereocenters. The maximum absolute atomic E-state index is 12.2. The normalized spacial score (nSPS) is 13.0. The summed E-state index contributed by atoms with van der Waals surface area (Å²) < 4.78 is 10.8. The Bertz CT molecular complexity index is 703. The van der Waals surface area contributed by atoms with Gasteiger partial charge in [0.2, 0.25) is 5.91 Å². The lowest BCUT2D eigenvalue weighted by Crippen LogP contribution is -2.41. The monoisotopic (exact) mass is 326 g/mol. The zero-order chi connectivity index (χ0) is 16.8. The lowest BCUT2D eigenvalue weighted by atomic mass is 10.1. The highest BCUT2D eigenvalue weighted by atomic mass is 16.5. The lowest BCUT2D eigenvalue weighted by Gasteiger charge is -2.30. The molecular formula is C19H22N2O3. The van der Waals surface area contributed by atoms with E-state index in [9.17, 15) is 4.79 Å². The molecule has 5 nitrogen and oxygen atoms in total. The second kappa shape index (κ2) is 7.73. The smallest absolute Gasteiger partial charge is 0.239 e. The zero-order valence-electron chi connectivity index (χ0n) is 13.8. The fourth-order valence-electron chi connectivity index (χ4n) is 2.79. The van der Waals surface area contributed by atoms with Crippen molar-refractivity contribution in [3.8, 4) is 11.5 Å². The van der Waals surface area contributed by atoms with Gasteiger partial charge in [-0.15, -0.1) is 0 Å². The topological polar surface area (TPSA) is 50.8 Å². The molecule has 0 aliphatic carbocycles. The number of hydrogen-bond acceptors (Lipinski definition) is 4.